The number of para-hydroxylation sites is 1. The molecule has 0 aliphatic heterocycles. The molecule has 0 bridgehead atoms. The Morgan fingerprint density at radius 2 is 1.77 bits per heavy atom. The first-order chi connectivity index (χ1) is 9.91. The molecular weight excluding hydrogens is 305 g/mol. The van der Waals surface area contributed by atoms with Crippen LogP contribution in [0.25, 0.3) is 0 Å². The predicted octanol–water partition coefficient (Wildman–Crippen LogP) is 2.88. The van der Waals surface area contributed by atoms with Gasteiger partial charge in [0.2, 0.25) is 0 Å². The zero-order valence-corrected chi connectivity index (χ0v) is 12.8. The quantitative estimate of drug-likeness (QED) is 0.393. The first-order valence-corrected chi connectivity index (χ1v) is 7.05. The molecule has 0 heterocycles. The van der Waals surface area contributed by atoms with E-state index in [4.69, 9.17) is 23.1 Å². The fourth-order valence-corrected chi connectivity index (χ4v) is 2.47. The van der Waals surface area contributed by atoms with Crippen LogP contribution in [0.1, 0.15) is 35.1 Å². The summed E-state index contributed by atoms with van der Waals surface area (Å²) in [5, 5.41) is 9.15. The van der Waals surface area contributed by atoms with Crippen molar-refractivity contribution < 1.29 is 9.90 Å². The number of anilines is 1. The second-order valence-electron chi connectivity index (χ2n) is 5.06. The normalized spacial score (nSPS) is 11.4. The number of thiocarbonyl (C=S) groups is 1. The van der Waals surface area contributed by atoms with Gasteiger partial charge in [-0.15, -0.1) is 0 Å². The average Bonchev–Trinajstić information content (AvgIpc) is 2.47. The van der Waals surface area contributed by atoms with Gasteiger partial charge in [0.05, 0.1) is 10.8 Å². The molecule has 2 aromatic carbocycles. The second kappa shape index (κ2) is 7.88. The molecule has 3 nitrogen and oxygen atoms in total. The van der Waals surface area contributed by atoms with Crippen molar-refractivity contribution in [2.45, 2.75) is 19.8 Å². The van der Waals surface area contributed by atoms with Crippen molar-refractivity contribution in [1.29, 1.82) is 0 Å². The van der Waals surface area contributed by atoms with Crippen LogP contribution in [0.3, 0.4) is 0 Å². The van der Waals surface area contributed by atoms with E-state index in [1.54, 1.807) is 19.1 Å². The number of carbonyl (C=O) groups is 1. The molecule has 1 atom stereocenters. The number of hydrogen-bond donors (Lipinski definition) is 2. The number of hydrogen-bond acceptors (Lipinski definition) is 3. The van der Waals surface area contributed by atoms with E-state index in [1.165, 1.54) is 0 Å². The van der Waals surface area contributed by atoms with E-state index >= 15 is 0 Å². The zero-order chi connectivity index (χ0) is 15.6. The van der Waals surface area contributed by atoms with Crippen molar-refractivity contribution in [3.8, 4) is 0 Å². The Bertz CT molecular complexity index is 698. The Morgan fingerprint density at radius 3 is 2.32 bits per heavy atom. The third kappa shape index (κ3) is 3.96. The summed E-state index contributed by atoms with van der Waals surface area (Å²) < 4.78 is 0. The summed E-state index contributed by atoms with van der Waals surface area (Å²) >= 11 is 5.50. The molecule has 110 valence electrons. The van der Waals surface area contributed by atoms with E-state index in [1.807, 2.05) is 37.3 Å². The Morgan fingerprint density at radius 1 is 1.18 bits per heavy atom. The number of aliphatic carboxylic acids is 1. The second-order valence-corrected chi connectivity index (χ2v) is 5.47. The molecule has 0 fully saturated rings. The molecule has 0 spiro atoms. The maximum atomic E-state index is 11.2. The summed E-state index contributed by atoms with van der Waals surface area (Å²) in [5.74, 6) is -1.56. The number of nitrogens with two attached hydrogens (primary N) is 1. The molecule has 22 heavy (non-hydrogen) atoms. The molecule has 0 aliphatic rings. The van der Waals surface area contributed by atoms with E-state index in [0.29, 0.717) is 21.7 Å². The van der Waals surface area contributed by atoms with Gasteiger partial charge in [-0.2, -0.15) is 0 Å². The van der Waals surface area contributed by atoms with E-state index < -0.39 is 11.9 Å². The Balaban J connectivity index is 0.00000242. The van der Waals surface area contributed by atoms with E-state index in [9.17, 15) is 4.79 Å². The number of rotatable bonds is 4. The van der Waals surface area contributed by atoms with Gasteiger partial charge in [-0.05, 0) is 25.0 Å². The first kappa shape index (κ1) is 18.8. The molecule has 5 heteroatoms. The molecule has 0 aromatic heterocycles. The Hall–Kier alpha value is -1.20. The molecule has 2 aromatic rings. The molecule has 0 amide bonds. The predicted molar refractivity (Wildman–Crippen MR) is 96.0 cm³/mol. The monoisotopic (exact) mass is 323 g/mol. The molecular formula is C17H18NNaO2S. The third-order valence-electron chi connectivity index (χ3n) is 3.54. The van der Waals surface area contributed by atoms with Gasteiger partial charge in [-0.1, -0.05) is 60.2 Å². The van der Waals surface area contributed by atoms with Gasteiger partial charge < -0.3 is 10.8 Å². The van der Waals surface area contributed by atoms with Crippen LogP contribution in [0.4, 0.5) is 5.69 Å². The molecule has 0 saturated carbocycles. The Labute approximate surface area is 157 Å². The minimum absolute atomic E-state index is 0. The van der Waals surface area contributed by atoms with Crippen LogP contribution in [0.15, 0.2) is 42.5 Å². The summed E-state index contributed by atoms with van der Waals surface area (Å²) in [4.78, 5) is 11.8. The summed E-state index contributed by atoms with van der Waals surface area (Å²) in [6.07, 6.45) is 0. The Kier molecular flexibility index (Phi) is 6.75. The van der Waals surface area contributed by atoms with Crippen molar-refractivity contribution in [2.24, 2.45) is 0 Å². The van der Waals surface area contributed by atoms with Crippen LogP contribution < -0.4 is 5.73 Å². The standard InChI is InChI=1S/C17H17NO2S.Na.H/c1-10-6-8-12(9-7-10)16(21)14-5-3-4-13(15(14)18)11(2)17(19)20;;/h3-9,11H,18H2,1-2H3,(H,19,20);;. The number of carboxylic acids is 1. The molecule has 1 unspecified atom stereocenters. The van der Waals surface area contributed by atoms with Gasteiger partial charge >= 0.3 is 35.5 Å². The van der Waals surface area contributed by atoms with Gasteiger partial charge in [-0.25, -0.2) is 0 Å². The zero-order valence-electron chi connectivity index (χ0n) is 12.0. The van der Waals surface area contributed by atoms with E-state index in [0.717, 1.165) is 11.1 Å². The molecule has 3 N–H and O–H groups in total. The number of carboxylic acid groups (broad SMARTS) is 1. The van der Waals surface area contributed by atoms with Crippen molar-refractivity contribution in [3.63, 3.8) is 0 Å². The fraction of sp³-hybridized carbons (Fsp3) is 0.176. The SMILES string of the molecule is Cc1ccc(C(=S)c2cccc(C(C)C(=O)O)c2N)cc1.[NaH]. The summed E-state index contributed by atoms with van der Waals surface area (Å²) in [7, 11) is 0. The van der Waals surface area contributed by atoms with Gasteiger partial charge in [0.1, 0.15) is 0 Å². The molecule has 2 rings (SSSR count). The van der Waals surface area contributed by atoms with Gasteiger partial charge in [0.25, 0.3) is 0 Å². The van der Waals surface area contributed by atoms with Crippen LogP contribution in [-0.4, -0.2) is 45.5 Å². The average molecular weight is 323 g/mol. The van der Waals surface area contributed by atoms with Crippen LogP contribution in [-0.2, 0) is 4.79 Å². The van der Waals surface area contributed by atoms with Crippen molar-refractivity contribution in [3.05, 3.63) is 64.7 Å². The number of aryl methyl sites for hydroxylation is 1. The van der Waals surface area contributed by atoms with Crippen molar-refractivity contribution in [1.82, 2.24) is 0 Å². The maximum absolute atomic E-state index is 11.2. The number of nitrogen functional groups attached to an aromatic ring is 1. The minimum atomic E-state index is -0.903. The third-order valence-corrected chi connectivity index (χ3v) is 3.99. The summed E-state index contributed by atoms with van der Waals surface area (Å²) in [6, 6.07) is 13.2. The van der Waals surface area contributed by atoms with Crippen LogP contribution in [0, 0.1) is 6.92 Å². The van der Waals surface area contributed by atoms with Gasteiger partial charge in [0, 0.05) is 11.3 Å². The van der Waals surface area contributed by atoms with E-state index in [-0.39, 0.29) is 29.6 Å². The van der Waals surface area contributed by atoms with Crippen LogP contribution >= 0.6 is 12.2 Å². The van der Waals surface area contributed by atoms with Crippen molar-refractivity contribution >= 4 is 58.3 Å². The van der Waals surface area contributed by atoms with Crippen molar-refractivity contribution in [2.75, 3.05) is 5.73 Å². The van der Waals surface area contributed by atoms with Gasteiger partial charge in [-0.3, -0.25) is 4.79 Å². The molecule has 0 saturated heterocycles. The number of benzene rings is 2. The topological polar surface area (TPSA) is 63.3 Å². The fourth-order valence-electron chi connectivity index (χ4n) is 2.15. The van der Waals surface area contributed by atoms with Crippen LogP contribution in [0.2, 0.25) is 0 Å². The van der Waals surface area contributed by atoms with Gasteiger partial charge in [0.15, 0.2) is 0 Å². The summed E-state index contributed by atoms with van der Waals surface area (Å²) in [6.45, 7) is 3.63. The first-order valence-electron chi connectivity index (χ1n) is 6.64. The summed E-state index contributed by atoms with van der Waals surface area (Å²) in [5.41, 5.74) is 9.94. The van der Waals surface area contributed by atoms with Crippen LogP contribution in [0.5, 0.6) is 0 Å². The molecule has 0 radical (unpaired) electrons. The van der Waals surface area contributed by atoms with E-state index in [2.05, 4.69) is 0 Å². The molecule has 0 aliphatic carbocycles.